The number of ketones is 3. The summed E-state index contributed by atoms with van der Waals surface area (Å²) in [7, 11) is 1.59. The Morgan fingerprint density at radius 1 is 0.947 bits per heavy atom. The molecule has 0 saturated carbocycles. The van der Waals surface area contributed by atoms with Crippen LogP contribution in [0.2, 0.25) is 0 Å². The van der Waals surface area contributed by atoms with Crippen LogP contribution < -0.4 is 9.64 Å². The second kappa shape index (κ2) is 8.50. The number of Topliss-reactive ketones (excluding diaryl/α,β-unsaturated/α-hetero) is 3. The molecule has 0 unspecified atom stereocenters. The van der Waals surface area contributed by atoms with E-state index in [9.17, 15) is 14.4 Å². The van der Waals surface area contributed by atoms with Gasteiger partial charge in [0.25, 0.3) is 0 Å². The van der Waals surface area contributed by atoms with Gasteiger partial charge >= 0.3 is 0 Å². The molecule has 0 N–H and O–H groups in total. The zero-order valence-corrected chi connectivity index (χ0v) is 23.3. The Bertz CT molecular complexity index is 1510. The fourth-order valence-corrected chi connectivity index (χ4v) is 6.98. The normalized spacial score (nSPS) is 22.9. The Hall–Kier alpha value is -3.51. The van der Waals surface area contributed by atoms with Gasteiger partial charge in [0.1, 0.15) is 11.2 Å². The summed E-state index contributed by atoms with van der Waals surface area (Å²) in [6.45, 7) is 5.69. The number of rotatable bonds is 3. The summed E-state index contributed by atoms with van der Waals surface area (Å²) < 4.78 is 6.46. The molecular formula is C32H28BrNO4. The molecule has 192 valence electrons. The summed E-state index contributed by atoms with van der Waals surface area (Å²) in [6.07, 6.45) is 3.92. The van der Waals surface area contributed by atoms with E-state index in [-0.39, 0.29) is 17.3 Å². The van der Waals surface area contributed by atoms with Gasteiger partial charge in [-0.25, -0.2) is 0 Å². The summed E-state index contributed by atoms with van der Waals surface area (Å²) in [5, 5.41) is 0. The summed E-state index contributed by atoms with van der Waals surface area (Å²) in [6, 6.07) is 19.0. The fourth-order valence-electron chi connectivity index (χ4n) is 6.60. The molecule has 3 aromatic carbocycles. The van der Waals surface area contributed by atoms with E-state index in [0.717, 1.165) is 21.3 Å². The van der Waals surface area contributed by atoms with E-state index in [1.165, 1.54) is 0 Å². The van der Waals surface area contributed by atoms with Crippen molar-refractivity contribution < 1.29 is 19.1 Å². The van der Waals surface area contributed by atoms with E-state index < -0.39 is 28.8 Å². The lowest BCUT2D eigenvalue weighted by molar-refractivity contribution is -0.127. The minimum Gasteiger partial charge on any atom is -0.497 e. The number of anilines is 1. The SMILES string of the molecule is COc1cccc([C@@H]2[C@@H](C(=O)C(C)(C)C)N3c4ccc(Br)cc4C=C[C@@H]3C23C(=O)c2ccccc2C3=O)c1. The van der Waals surface area contributed by atoms with E-state index in [1.54, 1.807) is 31.4 Å². The van der Waals surface area contributed by atoms with Gasteiger partial charge in [-0.05, 0) is 41.5 Å². The fraction of sp³-hybridized carbons (Fsp3) is 0.281. The molecule has 1 saturated heterocycles. The van der Waals surface area contributed by atoms with Crippen LogP contribution in [0.5, 0.6) is 5.75 Å². The second-order valence-corrected chi connectivity index (χ2v) is 12.2. The molecule has 2 aliphatic heterocycles. The molecule has 6 rings (SSSR count). The van der Waals surface area contributed by atoms with Crippen molar-refractivity contribution in [2.75, 3.05) is 12.0 Å². The number of methoxy groups -OCH3 is 1. The number of hydrogen-bond acceptors (Lipinski definition) is 5. The third-order valence-electron chi connectivity index (χ3n) is 8.23. The quantitative estimate of drug-likeness (QED) is 0.336. The summed E-state index contributed by atoms with van der Waals surface area (Å²) >= 11 is 3.56. The molecule has 1 spiro atoms. The van der Waals surface area contributed by atoms with Crippen molar-refractivity contribution in [2.24, 2.45) is 10.8 Å². The zero-order valence-electron chi connectivity index (χ0n) is 21.7. The van der Waals surface area contributed by atoms with Crippen LogP contribution in [0, 0.1) is 10.8 Å². The van der Waals surface area contributed by atoms with Gasteiger partial charge in [0.15, 0.2) is 17.3 Å². The Balaban J connectivity index is 1.70. The van der Waals surface area contributed by atoms with E-state index in [0.29, 0.717) is 16.9 Å². The number of carbonyl (C=O) groups excluding carboxylic acids is 3. The molecule has 3 atom stereocenters. The van der Waals surface area contributed by atoms with Gasteiger partial charge in [-0.1, -0.05) is 85.3 Å². The monoisotopic (exact) mass is 569 g/mol. The van der Waals surface area contributed by atoms with Gasteiger partial charge in [-0.2, -0.15) is 0 Å². The van der Waals surface area contributed by atoms with Crippen molar-refractivity contribution >= 4 is 45.0 Å². The van der Waals surface area contributed by atoms with Gasteiger partial charge in [0.2, 0.25) is 0 Å². The number of nitrogens with zero attached hydrogens (tertiary/aromatic N) is 1. The van der Waals surface area contributed by atoms with Crippen molar-refractivity contribution in [2.45, 2.75) is 38.8 Å². The van der Waals surface area contributed by atoms with Crippen molar-refractivity contribution in [3.8, 4) is 5.75 Å². The number of hydrogen-bond donors (Lipinski definition) is 0. The van der Waals surface area contributed by atoms with Gasteiger partial charge in [-0.15, -0.1) is 0 Å². The van der Waals surface area contributed by atoms with Crippen molar-refractivity contribution in [1.29, 1.82) is 0 Å². The maximum Gasteiger partial charge on any atom is 0.180 e. The maximum atomic E-state index is 14.6. The standard InChI is InChI=1S/C32H28BrNO4/c1-31(2,3)30(37)27-26(19-8-7-9-21(17-19)38-4)32(28(35)22-10-5-6-11-23(22)29(32)36)25-15-12-18-16-20(33)13-14-24(18)34(25)27/h5-17,25-27H,1-4H3/t25-,26-,27+/m1/s1. The molecule has 0 radical (unpaired) electrons. The van der Waals surface area contributed by atoms with Crippen LogP contribution in [0.1, 0.15) is 58.5 Å². The second-order valence-electron chi connectivity index (χ2n) is 11.3. The minimum atomic E-state index is -1.50. The molecular weight excluding hydrogens is 542 g/mol. The molecule has 0 aromatic heterocycles. The van der Waals surface area contributed by atoms with Crippen LogP contribution in [0.4, 0.5) is 5.69 Å². The van der Waals surface area contributed by atoms with E-state index in [2.05, 4.69) is 15.9 Å². The molecule has 38 heavy (non-hydrogen) atoms. The van der Waals surface area contributed by atoms with Crippen molar-refractivity contribution in [1.82, 2.24) is 0 Å². The predicted octanol–water partition coefficient (Wildman–Crippen LogP) is 6.51. The van der Waals surface area contributed by atoms with Gasteiger partial charge in [0, 0.05) is 32.6 Å². The van der Waals surface area contributed by atoms with Crippen LogP contribution in [0.15, 0.2) is 77.3 Å². The highest BCUT2D eigenvalue weighted by Gasteiger charge is 2.71. The highest BCUT2D eigenvalue weighted by atomic mass is 79.9. The third-order valence-corrected chi connectivity index (χ3v) is 8.72. The molecule has 5 nitrogen and oxygen atoms in total. The lowest BCUT2D eigenvalue weighted by Gasteiger charge is -2.38. The van der Waals surface area contributed by atoms with E-state index in [1.807, 2.05) is 80.3 Å². The largest absolute Gasteiger partial charge is 0.497 e. The first-order valence-corrected chi connectivity index (χ1v) is 13.5. The first kappa shape index (κ1) is 24.8. The maximum absolute atomic E-state index is 14.6. The number of carbonyl (C=O) groups is 3. The van der Waals surface area contributed by atoms with Crippen LogP contribution in [-0.4, -0.2) is 36.5 Å². The van der Waals surface area contributed by atoms with Gasteiger partial charge in [0.05, 0.1) is 19.2 Å². The Morgan fingerprint density at radius 3 is 2.26 bits per heavy atom. The summed E-state index contributed by atoms with van der Waals surface area (Å²) in [5.41, 5.74) is 1.13. The smallest absolute Gasteiger partial charge is 0.180 e. The number of halogens is 1. The average molecular weight is 570 g/mol. The Kier molecular flexibility index (Phi) is 5.55. The topological polar surface area (TPSA) is 63.7 Å². The van der Waals surface area contributed by atoms with Crippen molar-refractivity contribution in [3.05, 3.63) is 99.5 Å². The third kappa shape index (κ3) is 3.25. The van der Waals surface area contributed by atoms with Crippen molar-refractivity contribution in [3.63, 3.8) is 0 Å². The number of ether oxygens (including phenoxy) is 1. The van der Waals surface area contributed by atoms with Crippen LogP contribution in [0.25, 0.3) is 6.08 Å². The van der Waals surface area contributed by atoms with E-state index >= 15 is 0 Å². The average Bonchev–Trinajstić information content (AvgIpc) is 3.33. The summed E-state index contributed by atoms with van der Waals surface area (Å²) in [4.78, 5) is 45.6. The number of fused-ring (bicyclic) bond motifs is 5. The lowest BCUT2D eigenvalue weighted by Crippen LogP contribution is -2.49. The first-order valence-electron chi connectivity index (χ1n) is 12.7. The van der Waals surface area contributed by atoms with Crippen LogP contribution >= 0.6 is 15.9 Å². The highest BCUT2D eigenvalue weighted by molar-refractivity contribution is 9.10. The Morgan fingerprint density at radius 2 is 1.63 bits per heavy atom. The first-order chi connectivity index (χ1) is 18.1. The Labute approximate surface area is 230 Å². The molecule has 2 heterocycles. The van der Waals surface area contributed by atoms with Gasteiger partial charge < -0.3 is 9.64 Å². The molecule has 1 fully saturated rings. The van der Waals surface area contributed by atoms with E-state index in [4.69, 9.17) is 4.74 Å². The van der Waals surface area contributed by atoms with Gasteiger partial charge in [-0.3, -0.25) is 14.4 Å². The highest BCUT2D eigenvalue weighted by Crippen LogP contribution is 2.61. The van der Waals surface area contributed by atoms with Crippen LogP contribution in [-0.2, 0) is 4.79 Å². The molecule has 1 aliphatic carbocycles. The zero-order chi connectivity index (χ0) is 27.0. The number of benzene rings is 3. The molecule has 0 bridgehead atoms. The molecule has 0 amide bonds. The predicted molar refractivity (Wildman–Crippen MR) is 151 cm³/mol. The molecule has 3 aromatic rings. The van der Waals surface area contributed by atoms with Crippen LogP contribution in [0.3, 0.4) is 0 Å². The minimum absolute atomic E-state index is 0.0204. The molecule has 3 aliphatic rings. The lowest BCUT2D eigenvalue weighted by atomic mass is 9.63. The summed E-state index contributed by atoms with van der Waals surface area (Å²) in [5.74, 6) is -0.584. The molecule has 6 heteroatoms.